The maximum atomic E-state index is 12.7. The molecule has 5 rings (SSSR count). The molecule has 32 heavy (non-hydrogen) atoms. The molecule has 3 heterocycles. The quantitative estimate of drug-likeness (QED) is 0.745. The molecule has 1 saturated heterocycles. The number of morpholine rings is 1. The topological polar surface area (TPSA) is 78.4 Å². The van der Waals surface area contributed by atoms with E-state index in [2.05, 4.69) is 33.0 Å². The summed E-state index contributed by atoms with van der Waals surface area (Å²) >= 11 is 0. The number of hydrogen-bond donors (Lipinski definition) is 1. The number of halogens is 3. The van der Waals surface area contributed by atoms with Gasteiger partial charge in [-0.15, -0.1) is 13.2 Å². The highest BCUT2D eigenvalue weighted by atomic mass is 19.4. The van der Waals surface area contributed by atoms with Crippen molar-refractivity contribution in [2.75, 3.05) is 32.0 Å². The Hall–Kier alpha value is -2.33. The van der Waals surface area contributed by atoms with Gasteiger partial charge in [0.1, 0.15) is 5.82 Å². The van der Waals surface area contributed by atoms with Gasteiger partial charge >= 0.3 is 6.36 Å². The van der Waals surface area contributed by atoms with Gasteiger partial charge in [0.05, 0.1) is 18.9 Å². The van der Waals surface area contributed by atoms with Crippen molar-refractivity contribution in [2.24, 2.45) is 11.8 Å². The number of alkyl halides is 3. The fraction of sp³-hybridized carbons (Fsp3) is 0.636. The van der Waals surface area contributed by atoms with Gasteiger partial charge < -0.3 is 19.8 Å². The zero-order valence-electron chi connectivity index (χ0n) is 18.2. The van der Waals surface area contributed by atoms with Crippen LogP contribution in [0.15, 0.2) is 18.5 Å². The number of anilines is 1. The van der Waals surface area contributed by atoms with E-state index in [0.29, 0.717) is 35.2 Å². The summed E-state index contributed by atoms with van der Waals surface area (Å²) < 4.78 is 49.9. The van der Waals surface area contributed by atoms with Crippen LogP contribution in [0, 0.1) is 11.8 Å². The van der Waals surface area contributed by atoms with Crippen molar-refractivity contribution >= 4 is 5.82 Å². The Labute approximate surface area is 184 Å². The number of hydrogen-bond acceptors (Lipinski definition) is 6. The van der Waals surface area contributed by atoms with Crippen molar-refractivity contribution in [2.45, 2.75) is 51.1 Å². The lowest BCUT2D eigenvalue weighted by atomic mass is 10.1. The first-order valence-electron chi connectivity index (χ1n) is 11.1. The van der Waals surface area contributed by atoms with Crippen LogP contribution >= 0.6 is 0 Å². The SMILES string of the molecule is CC(C)c1nc(-c2cnc(N)c(OC(F)(F)F)c2)cn1[C@@H]1[C@@H]2CC(N3CCOCC3)C[C@@H]21. The second kappa shape index (κ2) is 7.91. The molecule has 174 valence electrons. The predicted molar refractivity (Wildman–Crippen MR) is 112 cm³/mol. The molecule has 2 aromatic rings. The van der Waals surface area contributed by atoms with E-state index in [4.69, 9.17) is 15.5 Å². The highest BCUT2D eigenvalue weighted by molar-refractivity contribution is 5.64. The third-order valence-corrected chi connectivity index (χ3v) is 6.94. The molecular formula is C22H28F3N5O2. The average molecular weight is 451 g/mol. The van der Waals surface area contributed by atoms with Crippen LogP contribution in [0.4, 0.5) is 19.0 Å². The van der Waals surface area contributed by atoms with E-state index < -0.39 is 12.1 Å². The van der Waals surface area contributed by atoms with Crippen LogP contribution in [0.5, 0.6) is 5.75 Å². The van der Waals surface area contributed by atoms with Gasteiger partial charge in [-0.25, -0.2) is 9.97 Å². The first kappa shape index (κ1) is 21.5. The summed E-state index contributed by atoms with van der Waals surface area (Å²) in [6.07, 6.45) is 0.907. The number of rotatable bonds is 5. The van der Waals surface area contributed by atoms with Gasteiger partial charge in [-0.1, -0.05) is 13.8 Å². The molecule has 1 aliphatic heterocycles. The lowest BCUT2D eigenvalue weighted by Gasteiger charge is -2.33. The van der Waals surface area contributed by atoms with E-state index in [1.165, 1.54) is 25.1 Å². The molecule has 0 aromatic carbocycles. The largest absolute Gasteiger partial charge is 0.573 e. The fourth-order valence-corrected chi connectivity index (χ4v) is 5.45. The number of ether oxygens (including phenoxy) is 2. The Balaban J connectivity index is 1.36. The summed E-state index contributed by atoms with van der Waals surface area (Å²) in [4.78, 5) is 11.2. The molecule has 3 aliphatic rings. The van der Waals surface area contributed by atoms with E-state index in [0.717, 1.165) is 32.1 Å². The standard InChI is InChI=1S/C22H28F3N5O2/c1-12(2)21-28-17(13-7-18(20(26)27-10-13)32-22(23,24)25)11-30(21)19-15-8-14(9-16(15)19)29-3-5-31-6-4-29/h7,10-12,14-16,19H,3-6,8-9H2,1-2H3,(H2,26,27)/t14?,15-,16+,19-. The van der Waals surface area contributed by atoms with Crippen LogP contribution in [-0.2, 0) is 4.74 Å². The fourth-order valence-electron chi connectivity index (χ4n) is 5.45. The number of pyridine rings is 1. The van der Waals surface area contributed by atoms with Gasteiger partial charge in [0.25, 0.3) is 0 Å². The normalized spacial score (nSPS) is 28.2. The zero-order valence-corrected chi connectivity index (χ0v) is 18.2. The number of aromatic nitrogens is 3. The Morgan fingerprint density at radius 2 is 1.88 bits per heavy atom. The van der Waals surface area contributed by atoms with Crippen LogP contribution < -0.4 is 10.5 Å². The van der Waals surface area contributed by atoms with Gasteiger partial charge in [0, 0.05) is 49.0 Å². The van der Waals surface area contributed by atoms with Gasteiger partial charge in [-0.05, 0) is 30.7 Å². The molecule has 1 unspecified atom stereocenters. The van der Waals surface area contributed by atoms with Gasteiger partial charge in [-0.3, -0.25) is 4.90 Å². The van der Waals surface area contributed by atoms with Crippen molar-refractivity contribution in [3.63, 3.8) is 0 Å². The number of fused-ring (bicyclic) bond motifs is 1. The smallest absolute Gasteiger partial charge is 0.402 e. The monoisotopic (exact) mass is 451 g/mol. The van der Waals surface area contributed by atoms with E-state index >= 15 is 0 Å². The highest BCUT2D eigenvalue weighted by Gasteiger charge is 2.58. The number of nitrogens with two attached hydrogens (primary N) is 1. The molecule has 3 fully saturated rings. The Kier molecular flexibility index (Phi) is 5.32. The molecule has 0 spiro atoms. The van der Waals surface area contributed by atoms with Gasteiger partial charge in [-0.2, -0.15) is 0 Å². The molecule has 0 amide bonds. The number of nitrogens with zero attached hydrogens (tertiary/aromatic N) is 4. The van der Waals surface area contributed by atoms with Gasteiger partial charge in [0.2, 0.25) is 0 Å². The Morgan fingerprint density at radius 1 is 1.19 bits per heavy atom. The molecule has 2 aliphatic carbocycles. The van der Waals surface area contributed by atoms with Crippen LogP contribution in [-0.4, -0.2) is 58.1 Å². The summed E-state index contributed by atoms with van der Waals surface area (Å²) in [5.74, 6) is 1.56. The molecule has 7 nitrogen and oxygen atoms in total. The van der Waals surface area contributed by atoms with Crippen molar-refractivity contribution in [3.8, 4) is 17.0 Å². The minimum absolute atomic E-state index is 0.188. The maximum Gasteiger partial charge on any atom is 0.573 e. The lowest BCUT2D eigenvalue weighted by Crippen LogP contribution is -2.43. The summed E-state index contributed by atoms with van der Waals surface area (Å²) in [5.41, 5.74) is 6.62. The molecule has 10 heteroatoms. The van der Waals surface area contributed by atoms with Crippen LogP contribution in [0.1, 0.15) is 44.5 Å². The Bertz CT molecular complexity index is 974. The van der Waals surface area contributed by atoms with Crippen molar-refractivity contribution in [1.29, 1.82) is 0 Å². The minimum Gasteiger partial charge on any atom is -0.402 e. The molecule has 2 N–H and O–H groups in total. The Morgan fingerprint density at radius 3 is 2.50 bits per heavy atom. The molecule has 2 aromatic heterocycles. The predicted octanol–water partition coefficient (Wildman–Crippen LogP) is 3.83. The molecule has 4 atom stereocenters. The number of nitrogen functional groups attached to an aromatic ring is 1. The van der Waals surface area contributed by atoms with Crippen molar-refractivity contribution in [3.05, 3.63) is 24.3 Å². The van der Waals surface area contributed by atoms with Crippen LogP contribution in [0.2, 0.25) is 0 Å². The summed E-state index contributed by atoms with van der Waals surface area (Å²) in [5, 5.41) is 0. The van der Waals surface area contributed by atoms with E-state index in [1.54, 1.807) is 0 Å². The third-order valence-electron chi connectivity index (χ3n) is 6.94. The molecule has 0 bridgehead atoms. The van der Waals surface area contributed by atoms with E-state index in [-0.39, 0.29) is 11.7 Å². The lowest BCUT2D eigenvalue weighted by molar-refractivity contribution is -0.274. The average Bonchev–Trinajstić information content (AvgIpc) is 3.09. The second-order valence-corrected chi connectivity index (χ2v) is 9.29. The van der Waals surface area contributed by atoms with Crippen LogP contribution in [0.3, 0.4) is 0 Å². The number of imidazole rings is 1. The van der Waals surface area contributed by atoms with Crippen LogP contribution in [0.25, 0.3) is 11.3 Å². The zero-order chi connectivity index (χ0) is 22.6. The van der Waals surface area contributed by atoms with E-state index in [1.807, 2.05) is 6.20 Å². The van der Waals surface area contributed by atoms with E-state index in [9.17, 15) is 13.2 Å². The van der Waals surface area contributed by atoms with Crippen molar-refractivity contribution < 1.29 is 22.6 Å². The summed E-state index contributed by atoms with van der Waals surface area (Å²) in [6.45, 7) is 7.80. The van der Waals surface area contributed by atoms with Gasteiger partial charge in [0.15, 0.2) is 11.6 Å². The first-order chi connectivity index (χ1) is 15.2. The molecule has 2 saturated carbocycles. The molecule has 0 radical (unpaired) electrons. The summed E-state index contributed by atoms with van der Waals surface area (Å²) in [7, 11) is 0. The highest BCUT2D eigenvalue weighted by Crippen LogP contribution is 2.62. The molecular weight excluding hydrogens is 423 g/mol. The minimum atomic E-state index is -4.83. The first-order valence-corrected chi connectivity index (χ1v) is 11.1. The third kappa shape index (κ3) is 4.05. The second-order valence-electron chi connectivity index (χ2n) is 9.29. The summed E-state index contributed by atoms with van der Waals surface area (Å²) in [6, 6.07) is 2.28. The van der Waals surface area contributed by atoms with Crippen molar-refractivity contribution in [1.82, 2.24) is 19.4 Å². The maximum absolute atomic E-state index is 12.7.